The SMILES string of the molecule is Cc1cc(F)c2c(c1OCc1ccccc1)C(O)=C1C(=O)[C@]3(O)C(=O)c4c(OCc5ccccc5)noc4[C@@H](N4CCC4)[C@@H]3C[C@@H]1C2. The van der Waals surface area contributed by atoms with E-state index >= 15 is 4.39 Å². The molecule has 2 N–H and O–H groups in total. The molecular weight excluding hydrogens is 603 g/mol. The van der Waals surface area contributed by atoms with Crippen LogP contribution in [0.4, 0.5) is 4.39 Å². The van der Waals surface area contributed by atoms with Gasteiger partial charge in [0.1, 0.15) is 36.1 Å². The van der Waals surface area contributed by atoms with Crippen molar-refractivity contribution < 1.29 is 38.2 Å². The average molecular weight is 637 g/mol. The van der Waals surface area contributed by atoms with E-state index in [1.165, 1.54) is 6.07 Å². The van der Waals surface area contributed by atoms with Gasteiger partial charge in [-0.05, 0) is 60.0 Å². The molecule has 10 heteroatoms. The topological polar surface area (TPSA) is 122 Å². The Labute approximate surface area is 270 Å². The van der Waals surface area contributed by atoms with Crippen molar-refractivity contribution in [1.29, 1.82) is 0 Å². The largest absolute Gasteiger partial charge is 0.507 e. The van der Waals surface area contributed by atoms with Gasteiger partial charge in [-0.1, -0.05) is 60.7 Å². The van der Waals surface area contributed by atoms with Crippen molar-refractivity contribution >= 4 is 17.3 Å². The number of nitrogens with zero attached hydrogens (tertiary/aromatic N) is 2. The molecule has 240 valence electrons. The van der Waals surface area contributed by atoms with Gasteiger partial charge in [-0.25, -0.2) is 4.39 Å². The Bertz CT molecular complexity index is 1930. The number of carbonyl (C=O) groups excluding carboxylic acids is 2. The van der Waals surface area contributed by atoms with Gasteiger partial charge in [-0.2, -0.15) is 0 Å². The number of hydrogen-bond donors (Lipinski definition) is 2. The number of fused-ring (bicyclic) bond motifs is 4. The van der Waals surface area contributed by atoms with E-state index in [0.29, 0.717) is 18.7 Å². The summed E-state index contributed by atoms with van der Waals surface area (Å²) < 4.78 is 33.5. The molecule has 0 unspecified atom stereocenters. The van der Waals surface area contributed by atoms with Gasteiger partial charge in [0.15, 0.2) is 11.4 Å². The summed E-state index contributed by atoms with van der Waals surface area (Å²) >= 11 is 0. The van der Waals surface area contributed by atoms with Crippen LogP contribution in [0.3, 0.4) is 0 Å². The number of halogens is 1. The summed E-state index contributed by atoms with van der Waals surface area (Å²) in [6, 6.07) is 19.5. The third-order valence-corrected chi connectivity index (χ3v) is 10.2. The van der Waals surface area contributed by atoms with Crippen molar-refractivity contribution in [2.45, 2.75) is 51.0 Å². The molecule has 47 heavy (non-hydrogen) atoms. The maximum atomic E-state index is 15.6. The zero-order valence-corrected chi connectivity index (χ0v) is 25.7. The zero-order chi connectivity index (χ0) is 32.4. The molecule has 4 aliphatic rings. The first-order valence-corrected chi connectivity index (χ1v) is 15.9. The van der Waals surface area contributed by atoms with Crippen LogP contribution in [0.5, 0.6) is 11.6 Å². The summed E-state index contributed by atoms with van der Waals surface area (Å²) in [4.78, 5) is 31.0. The second-order valence-electron chi connectivity index (χ2n) is 12.9. The van der Waals surface area contributed by atoms with E-state index in [-0.39, 0.29) is 65.7 Å². The standard InChI is InChI=1S/C37H33FN2O7/c1-20-15-26(38)24-16-23-17-25-30(40-13-8-14-40)33-29(36(39-47-33)46-19-22-11-6-3-7-12-22)35(43)37(25,44)34(42)27(23)31(41)28(24)32(20)45-18-21-9-4-2-5-10-21/h2-7,9-12,15,23,25,30,41,44H,8,13-14,16-19H2,1H3/t23-,25-,30-,37-/m0/s1. The molecule has 8 rings (SSSR count). The highest BCUT2D eigenvalue weighted by Gasteiger charge is 2.66. The minimum absolute atomic E-state index is 0.0616. The fraction of sp³-hybridized carbons (Fsp3) is 0.324. The van der Waals surface area contributed by atoms with Gasteiger partial charge in [0, 0.05) is 30.1 Å². The van der Waals surface area contributed by atoms with Crippen LogP contribution in [0.2, 0.25) is 0 Å². The maximum Gasteiger partial charge on any atom is 0.265 e. The van der Waals surface area contributed by atoms with Gasteiger partial charge in [0.2, 0.25) is 11.6 Å². The number of aliphatic hydroxyl groups is 2. The smallest absolute Gasteiger partial charge is 0.265 e. The fourth-order valence-electron chi connectivity index (χ4n) is 7.75. The molecule has 3 aliphatic carbocycles. The Hall–Kier alpha value is -4.80. The third kappa shape index (κ3) is 4.53. The lowest BCUT2D eigenvalue weighted by atomic mass is 9.57. The van der Waals surface area contributed by atoms with Gasteiger partial charge in [-0.3, -0.25) is 14.5 Å². The number of likely N-dealkylation sites (tertiary alicyclic amines) is 1. The van der Waals surface area contributed by atoms with E-state index in [1.807, 2.05) is 60.7 Å². The van der Waals surface area contributed by atoms with Gasteiger partial charge in [0.05, 0.1) is 11.6 Å². The number of aryl methyl sites for hydroxylation is 1. The van der Waals surface area contributed by atoms with Crippen LogP contribution in [0, 0.1) is 24.6 Å². The van der Waals surface area contributed by atoms with Crippen LogP contribution in [-0.2, 0) is 24.4 Å². The molecule has 2 fully saturated rings. The summed E-state index contributed by atoms with van der Waals surface area (Å²) in [7, 11) is 0. The lowest BCUT2D eigenvalue weighted by Gasteiger charge is -2.52. The summed E-state index contributed by atoms with van der Waals surface area (Å²) in [6.07, 6.45) is 1.14. The van der Waals surface area contributed by atoms with Crippen LogP contribution in [-0.4, -0.2) is 50.5 Å². The molecule has 9 nitrogen and oxygen atoms in total. The summed E-state index contributed by atoms with van der Waals surface area (Å²) in [5.74, 6) is -3.89. The quantitative estimate of drug-likeness (QED) is 0.247. The summed E-state index contributed by atoms with van der Waals surface area (Å²) in [6.45, 7) is 3.28. The highest BCUT2D eigenvalue weighted by molar-refractivity contribution is 6.26. The first kappa shape index (κ1) is 29.6. The van der Waals surface area contributed by atoms with Gasteiger partial charge >= 0.3 is 0 Å². The van der Waals surface area contributed by atoms with Crippen molar-refractivity contribution in [3.8, 4) is 11.6 Å². The van der Waals surface area contributed by atoms with Crippen LogP contribution >= 0.6 is 0 Å². The molecule has 0 radical (unpaired) electrons. The van der Waals surface area contributed by atoms with E-state index in [1.54, 1.807) is 6.92 Å². The van der Waals surface area contributed by atoms with Crippen LogP contribution in [0.15, 0.2) is 76.8 Å². The molecule has 4 aromatic rings. The summed E-state index contributed by atoms with van der Waals surface area (Å²) in [5.41, 5.74) is -0.192. The zero-order valence-electron chi connectivity index (χ0n) is 25.7. The van der Waals surface area contributed by atoms with Gasteiger partial charge < -0.3 is 24.2 Å². The van der Waals surface area contributed by atoms with Gasteiger partial charge in [-0.15, -0.1) is 0 Å². The number of benzene rings is 3. The molecule has 0 spiro atoms. The van der Waals surface area contributed by atoms with E-state index in [0.717, 1.165) is 17.5 Å². The van der Waals surface area contributed by atoms with Crippen molar-refractivity contribution in [3.05, 3.63) is 117 Å². The Morgan fingerprint density at radius 2 is 1.64 bits per heavy atom. The molecule has 0 bridgehead atoms. The Morgan fingerprint density at radius 3 is 2.28 bits per heavy atom. The van der Waals surface area contributed by atoms with E-state index in [2.05, 4.69) is 10.1 Å². The van der Waals surface area contributed by atoms with E-state index in [9.17, 15) is 19.8 Å². The number of aromatic nitrogens is 1. The molecule has 1 aliphatic heterocycles. The maximum absolute atomic E-state index is 15.6. The Kier molecular flexibility index (Phi) is 7.03. The van der Waals surface area contributed by atoms with Crippen molar-refractivity contribution in [2.24, 2.45) is 11.8 Å². The number of rotatable bonds is 7. The van der Waals surface area contributed by atoms with Crippen LogP contribution in [0.1, 0.15) is 62.8 Å². The van der Waals surface area contributed by atoms with Crippen molar-refractivity contribution in [3.63, 3.8) is 0 Å². The minimum Gasteiger partial charge on any atom is -0.507 e. The first-order valence-electron chi connectivity index (χ1n) is 15.9. The predicted octanol–water partition coefficient (Wildman–Crippen LogP) is 5.68. The molecule has 1 aromatic heterocycles. The number of ketones is 2. The molecular formula is C37H33FN2O7. The first-order chi connectivity index (χ1) is 22.8. The van der Waals surface area contributed by atoms with Crippen LogP contribution < -0.4 is 9.47 Å². The third-order valence-electron chi connectivity index (χ3n) is 10.2. The summed E-state index contributed by atoms with van der Waals surface area (Å²) in [5, 5.41) is 28.3. The normalized spacial score (nSPS) is 25.0. The monoisotopic (exact) mass is 636 g/mol. The molecule has 2 heterocycles. The minimum atomic E-state index is -2.52. The number of ether oxygens (including phenoxy) is 2. The van der Waals surface area contributed by atoms with E-state index in [4.69, 9.17) is 14.0 Å². The second kappa shape index (κ2) is 11.2. The fourth-order valence-corrected chi connectivity index (χ4v) is 7.75. The molecule has 4 atom stereocenters. The number of aliphatic hydroxyl groups excluding tert-OH is 1. The predicted molar refractivity (Wildman–Crippen MR) is 167 cm³/mol. The van der Waals surface area contributed by atoms with Crippen LogP contribution in [0.25, 0.3) is 5.76 Å². The van der Waals surface area contributed by atoms with Gasteiger partial charge in [0.25, 0.3) is 5.88 Å². The lowest BCUT2D eigenvalue weighted by Crippen LogP contribution is -2.64. The molecule has 1 saturated carbocycles. The second-order valence-corrected chi connectivity index (χ2v) is 12.9. The number of hydrogen-bond acceptors (Lipinski definition) is 9. The number of carbonyl (C=O) groups is 2. The number of Topliss-reactive ketones (excluding diaryl/α,β-unsaturated/α-hetero) is 2. The highest BCUT2D eigenvalue weighted by Crippen LogP contribution is 2.57. The molecule has 3 aromatic carbocycles. The Balaban J connectivity index is 1.21. The average Bonchev–Trinajstić information content (AvgIpc) is 3.47. The Morgan fingerprint density at radius 1 is 0.979 bits per heavy atom. The lowest BCUT2D eigenvalue weighted by molar-refractivity contribution is -0.145. The molecule has 0 amide bonds. The highest BCUT2D eigenvalue weighted by atomic mass is 19.1. The van der Waals surface area contributed by atoms with E-state index < -0.39 is 46.6 Å². The van der Waals surface area contributed by atoms with Crippen molar-refractivity contribution in [1.82, 2.24) is 10.1 Å². The molecule has 1 saturated heterocycles. The van der Waals surface area contributed by atoms with Crippen molar-refractivity contribution in [2.75, 3.05) is 13.1 Å².